The van der Waals surface area contributed by atoms with E-state index in [1.807, 2.05) is 0 Å². The summed E-state index contributed by atoms with van der Waals surface area (Å²) in [5.74, 6) is -0.745. The molecule has 2 unspecified atom stereocenters. The smallest absolute Gasteiger partial charge is 0.326 e. The molecule has 3 atom stereocenters. The molecule has 0 bridgehead atoms. The summed E-state index contributed by atoms with van der Waals surface area (Å²) in [6.07, 6.45) is 0.260. The minimum atomic E-state index is -1.02. The van der Waals surface area contributed by atoms with Gasteiger partial charge in [0.25, 0.3) is 0 Å². The number of amides is 2. The first-order valence-electron chi connectivity index (χ1n) is 6.93. The average molecular weight is 313 g/mol. The number of nitrogens with zero attached hydrogens (tertiary/aromatic N) is 3. The Kier molecular flexibility index (Phi) is 4.93. The molecule has 2 rings (SSSR count). The van der Waals surface area contributed by atoms with Crippen LogP contribution in [0.5, 0.6) is 0 Å². The molecule has 0 aliphatic carbocycles. The summed E-state index contributed by atoms with van der Waals surface area (Å²) in [7, 11) is 0. The van der Waals surface area contributed by atoms with Crippen molar-refractivity contribution in [1.29, 1.82) is 0 Å². The van der Waals surface area contributed by atoms with Gasteiger partial charge in [-0.3, -0.25) is 0 Å². The molecule has 0 radical (unpaired) electrons. The Bertz CT molecular complexity index is 546. The van der Waals surface area contributed by atoms with Crippen molar-refractivity contribution in [2.75, 3.05) is 6.54 Å². The van der Waals surface area contributed by atoms with Gasteiger partial charge >= 0.3 is 12.0 Å². The highest BCUT2D eigenvalue weighted by Gasteiger charge is 2.34. The second-order valence-electron chi connectivity index (χ2n) is 5.16. The second kappa shape index (κ2) is 6.71. The Morgan fingerprint density at radius 3 is 2.95 bits per heavy atom. The molecule has 2 amide bonds. The normalized spacial score (nSPS) is 20.7. The SMILES string of the molecule is CC(O)C(N)c1noc(CNC(=O)N2CCC[C@H]2C(=O)O)n1. The van der Waals surface area contributed by atoms with Crippen LogP contribution in [0.4, 0.5) is 4.79 Å². The van der Waals surface area contributed by atoms with Crippen LogP contribution in [0.25, 0.3) is 0 Å². The summed E-state index contributed by atoms with van der Waals surface area (Å²) in [5.41, 5.74) is 5.66. The van der Waals surface area contributed by atoms with Gasteiger partial charge in [0.1, 0.15) is 6.04 Å². The van der Waals surface area contributed by atoms with Crippen molar-refractivity contribution in [3.63, 3.8) is 0 Å². The molecular formula is C12H19N5O5. The number of nitrogens with one attached hydrogen (secondary N) is 1. The fraction of sp³-hybridized carbons (Fsp3) is 0.667. The molecule has 22 heavy (non-hydrogen) atoms. The number of carbonyl (C=O) groups excluding carboxylic acids is 1. The van der Waals surface area contributed by atoms with Crippen molar-refractivity contribution < 1.29 is 24.3 Å². The lowest BCUT2D eigenvalue weighted by Gasteiger charge is -2.21. The number of carboxylic acids is 1. The van der Waals surface area contributed by atoms with E-state index in [1.54, 1.807) is 0 Å². The number of aliphatic hydroxyl groups excluding tert-OH is 1. The summed E-state index contributed by atoms with van der Waals surface area (Å²) in [6, 6.07) is -2.07. The quantitative estimate of drug-likeness (QED) is 0.551. The van der Waals surface area contributed by atoms with Crippen LogP contribution < -0.4 is 11.1 Å². The van der Waals surface area contributed by atoms with Gasteiger partial charge in [0.05, 0.1) is 18.7 Å². The topological polar surface area (TPSA) is 155 Å². The first-order valence-corrected chi connectivity index (χ1v) is 6.93. The van der Waals surface area contributed by atoms with Gasteiger partial charge < -0.3 is 30.7 Å². The Balaban J connectivity index is 1.90. The van der Waals surface area contributed by atoms with Gasteiger partial charge in [-0.05, 0) is 19.8 Å². The fourth-order valence-electron chi connectivity index (χ4n) is 2.21. The zero-order valence-electron chi connectivity index (χ0n) is 12.1. The van der Waals surface area contributed by atoms with Crippen LogP contribution in [0.1, 0.15) is 37.5 Å². The summed E-state index contributed by atoms with van der Waals surface area (Å²) in [5, 5.41) is 24.5. The van der Waals surface area contributed by atoms with Crippen molar-refractivity contribution in [2.24, 2.45) is 5.73 Å². The van der Waals surface area contributed by atoms with Crippen LogP contribution >= 0.6 is 0 Å². The largest absolute Gasteiger partial charge is 0.480 e. The predicted octanol–water partition coefficient (Wildman–Crippen LogP) is -0.791. The van der Waals surface area contributed by atoms with Crippen molar-refractivity contribution in [2.45, 2.75) is 44.5 Å². The molecule has 1 aliphatic rings. The number of likely N-dealkylation sites (tertiary alicyclic amines) is 1. The van der Waals surface area contributed by atoms with Gasteiger partial charge in [-0.15, -0.1) is 0 Å². The zero-order chi connectivity index (χ0) is 16.3. The summed E-state index contributed by atoms with van der Waals surface area (Å²) in [4.78, 5) is 28.2. The van der Waals surface area contributed by atoms with E-state index in [-0.39, 0.29) is 18.3 Å². The molecule has 0 spiro atoms. The number of hydrogen-bond acceptors (Lipinski definition) is 7. The maximum Gasteiger partial charge on any atom is 0.326 e. The van der Waals surface area contributed by atoms with Crippen molar-refractivity contribution in [1.82, 2.24) is 20.4 Å². The molecule has 0 aromatic carbocycles. The Morgan fingerprint density at radius 2 is 2.32 bits per heavy atom. The number of rotatable bonds is 5. The molecule has 0 saturated carbocycles. The van der Waals surface area contributed by atoms with Gasteiger partial charge in [0, 0.05) is 6.54 Å². The molecule has 1 fully saturated rings. The van der Waals surface area contributed by atoms with E-state index in [4.69, 9.17) is 15.4 Å². The fourth-order valence-corrected chi connectivity index (χ4v) is 2.21. The van der Waals surface area contributed by atoms with Crippen molar-refractivity contribution in [3.05, 3.63) is 11.7 Å². The van der Waals surface area contributed by atoms with Crippen LogP contribution in [0, 0.1) is 0 Å². The number of aromatic nitrogens is 2. The lowest BCUT2D eigenvalue weighted by Crippen LogP contribution is -2.45. The zero-order valence-corrected chi connectivity index (χ0v) is 12.1. The van der Waals surface area contributed by atoms with Crippen LogP contribution in [0.15, 0.2) is 4.52 Å². The first kappa shape index (κ1) is 16.2. The minimum Gasteiger partial charge on any atom is -0.480 e. The molecule has 1 aromatic rings. The van der Waals surface area contributed by atoms with Gasteiger partial charge in [-0.2, -0.15) is 4.98 Å². The van der Waals surface area contributed by atoms with Crippen LogP contribution in [0.2, 0.25) is 0 Å². The molecular weight excluding hydrogens is 294 g/mol. The predicted molar refractivity (Wildman–Crippen MR) is 72.5 cm³/mol. The maximum absolute atomic E-state index is 12.0. The van der Waals surface area contributed by atoms with E-state index < -0.39 is 30.2 Å². The Hall–Kier alpha value is -2.20. The van der Waals surface area contributed by atoms with Crippen LogP contribution in [-0.2, 0) is 11.3 Å². The van der Waals surface area contributed by atoms with Crippen LogP contribution in [0.3, 0.4) is 0 Å². The molecule has 1 aromatic heterocycles. The van der Waals surface area contributed by atoms with Gasteiger partial charge in [0.2, 0.25) is 5.89 Å². The lowest BCUT2D eigenvalue weighted by atomic mass is 10.2. The van der Waals surface area contributed by atoms with Crippen LogP contribution in [-0.4, -0.2) is 55.9 Å². The number of carboxylic acid groups (broad SMARTS) is 1. The molecule has 10 nitrogen and oxygen atoms in total. The molecule has 2 heterocycles. The third-order valence-electron chi connectivity index (χ3n) is 3.49. The number of carbonyl (C=O) groups is 2. The molecule has 122 valence electrons. The van der Waals surface area contributed by atoms with Gasteiger partial charge in [-0.1, -0.05) is 5.16 Å². The highest BCUT2D eigenvalue weighted by atomic mass is 16.5. The second-order valence-corrected chi connectivity index (χ2v) is 5.16. The lowest BCUT2D eigenvalue weighted by molar-refractivity contribution is -0.141. The third-order valence-corrected chi connectivity index (χ3v) is 3.49. The highest BCUT2D eigenvalue weighted by molar-refractivity contribution is 5.83. The van der Waals surface area contributed by atoms with E-state index >= 15 is 0 Å². The van der Waals surface area contributed by atoms with Gasteiger partial charge in [0.15, 0.2) is 5.82 Å². The molecule has 5 N–H and O–H groups in total. The average Bonchev–Trinajstić information content (AvgIpc) is 3.12. The number of aliphatic carboxylic acids is 1. The molecule has 10 heteroatoms. The summed E-state index contributed by atoms with van der Waals surface area (Å²) >= 11 is 0. The van der Waals surface area contributed by atoms with Crippen molar-refractivity contribution >= 4 is 12.0 Å². The van der Waals surface area contributed by atoms with Gasteiger partial charge in [-0.25, -0.2) is 9.59 Å². The minimum absolute atomic E-state index is 0.0405. The third kappa shape index (κ3) is 3.52. The standard InChI is InChI=1S/C12H19N5O5/c1-6(18)9(13)10-15-8(22-16-10)5-14-12(21)17-4-2-3-7(17)11(19)20/h6-7,9,18H,2-5,13H2,1H3,(H,14,21)(H,19,20)/t6?,7-,9?/m0/s1. The van der Waals surface area contributed by atoms with E-state index in [1.165, 1.54) is 11.8 Å². The molecule has 1 saturated heterocycles. The monoisotopic (exact) mass is 313 g/mol. The number of aliphatic hydroxyl groups is 1. The number of urea groups is 1. The van der Waals surface area contributed by atoms with Crippen molar-refractivity contribution in [3.8, 4) is 0 Å². The summed E-state index contributed by atoms with van der Waals surface area (Å²) < 4.78 is 4.92. The molecule has 1 aliphatic heterocycles. The van der Waals surface area contributed by atoms with E-state index in [9.17, 15) is 14.7 Å². The highest BCUT2D eigenvalue weighted by Crippen LogP contribution is 2.17. The maximum atomic E-state index is 12.0. The Labute approximate surface area is 126 Å². The van der Waals surface area contributed by atoms with E-state index in [0.717, 1.165) is 0 Å². The summed E-state index contributed by atoms with van der Waals surface area (Å²) in [6.45, 7) is 1.86. The number of nitrogens with two attached hydrogens (primary N) is 1. The van der Waals surface area contributed by atoms with E-state index in [0.29, 0.717) is 19.4 Å². The van der Waals surface area contributed by atoms with E-state index in [2.05, 4.69) is 15.5 Å². The first-order chi connectivity index (χ1) is 10.4. The Morgan fingerprint density at radius 1 is 1.59 bits per heavy atom. The number of hydrogen-bond donors (Lipinski definition) is 4.